The molecule has 1 aliphatic rings. The number of halogens is 1. The normalized spacial score (nSPS) is 22.6. The Labute approximate surface area is 126 Å². The van der Waals surface area contributed by atoms with E-state index in [2.05, 4.69) is 9.46 Å². The summed E-state index contributed by atoms with van der Waals surface area (Å²) >= 11 is 0. The third-order valence-electron chi connectivity index (χ3n) is 3.53. The van der Waals surface area contributed by atoms with Gasteiger partial charge in [0.25, 0.3) is 10.2 Å². The minimum absolute atomic E-state index is 0. The number of carbonyl (C=O) groups excluding carboxylic acids is 1. The summed E-state index contributed by atoms with van der Waals surface area (Å²) < 4.78 is 32.4. The van der Waals surface area contributed by atoms with Crippen molar-refractivity contribution in [2.45, 2.75) is 31.7 Å². The molecule has 9 heteroatoms. The van der Waals surface area contributed by atoms with Crippen LogP contribution in [0.1, 0.15) is 25.7 Å². The molecule has 1 saturated carbocycles. The van der Waals surface area contributed by atoms with Crippen molar-refractivity contribution in [1.29, 1.82) is 0 Å². The number of nitrogens with zero attached hydrogens (tertiary/aromatic N) is 1. The number of hydrogen-bond acceptors (Lipinski definition) is 5. The van der Waals surface area contributed by atoms with Crippen LogP contribution in [0.15, 0.2) is 0 Å². The van der Waals surface area contributed by atoms with Crippen molar-refractivity contribution >= 4 is 28.6 Å². The molecule has 1 aliphatic carbocycles. The van der Waals surface area contributed by atoms with Gasteiger partial charge in [0.15, 0.2) is 0 Å². The lowest BCUT2D eigenvalue weighted by molar-refractivity contribution is -0.140. The summed E-state index contributed by atoms with van der Waals surface area (Å²) in [6, 6.07) is -0.101. The monoisotopic (exact) mass is 329 g/mol. The Morgan fingerprint density at radius 2 is 2.10 bits per heavy atom. The first kappa shape index (κ1) is 19.6. The quantitative estimate of drug-likeness (QED) is 0.633. The lowest BCUT2D eigenvalue weighted by Gasteiger charge is -2.23. The standard InChI is InChI=1S/C11H23N3O4S.ClH/c1-14(7-6-11(15)18-2)19(16,17)13-10-5-3-4-9(10)8-12;/h9-10,13H,3-8,12H2,1-2H3;1H. The summed E-state index contributed by atoms with van der Waals surface area (Å²) in [5.74, 6) is -0.230. The van der Waals surface area contributed by atoms with E-state index in [4.69, 9.17) is 5.73 Å². The van der Waals surface area contributed by atoms with Crippen LogP contribution in [0.25, 0.3) is 0 Å². The first-order valence-corrected chi connectivity index (χ1v) is 7.85. The Hall–Kier alpha value is -0.410. The Morgan fingerprint density at radius 1 is 1.45 bits per heavy atom. The number of methoxy groups -OCH3 is 1. The van der Waals surface area contributed by atoms with Crippen molar-refractivity contribution in [3.05, 3.63) is 0 Å². The van der Waals surface area contributed by atoms with Gasteiger partial charge in [-0.1, -0.05) is 6.42 Å². The third kappa shape index (κ3) is 5.53. The molecule has 1 fully saturated rings. The van der Waals surface area contributed by atoms with E-state index in [-0.39, 0.29) is 37.3 Å². The second kappa shape index (κ2) is 8.78. The molecule has 0 heterocycles. The maximum Gasteiger partial charge on any atom is 0.306 e. The zero-order valence-electron chi connectivity index (χ0n) is 11.9. The molecule has 2 atom stereocenters. The number of nitrogens with one attached hydrogen (secondary N) is 1. The molecule has 0 aromatic carbocycles. The van der Waals surface area contributed by atoms with Crippen LogP contribution in [-0.4, -0.2) is 52.0 Å². The van der Waals surface area contributed by atoms with Gasteiger partial charge in [-0.05, 0) is 25.3 Å². The van der Waals surface area contributed by atoms with Gasteiger partial charge in [-0.2, -0.15) is 17.4 Å². The summed E-state index contributed by atoms with van der Waals surface area (Å²) in [5, 5.41) is 0. The zero-order valence-corrected chi connectivity index (χ0v) is 13.5. The van der Waals surface area contributed by atoms with Gasteiger partial charge in [0, 0.05) is 19.6 Å². The highest BCUT2D eigenvalue weighted by Gasteiger charge is 2.31. The molecular weight excluding hydrogens is 306 g/mol. The molecule has 0 aromatic rings. The molecular formula is C11H24ClN3O4S. The molecule has 0 radical (unpaired) electrons. The van der Waals surface area contributed by atoms with Crippen molar-refractivity contribution < 1.29 is 17.9 Å². The highest BCUT2D eigenvalue weighted by atomic mass is 35.5. The van der Waals surface area contributed by atoms with E-state index in [9.17, 15) is 13.2 Å². The van der Waals surface area contributed by atoms with Crippen molar-refractivity contribution in [2.75, 3.05) is 27.2 Å². The van der Waals surface area contributed by atoms with Crippen LogP contribution in [0.3, 0.4) is 0 Å². The average Bonchev–Trinajstić information content (AvgIpc) is 2.81. The SMILES string of the molecule is COC(=O)CCN(C)S(=O)(=O)NC1CCCC1CN.Cl. The molecule has 3 N–H and O–H groups in total. The second-order valence-corrected chi connectivity index (χ2v) is 6.61. The van der Waals surface area contributed by atoms with E-state index in [1.807, 2.05) is 0 Å². The van der Waals surface area contributed by atoms with Gasteiger partial charge in [-0.3, -0.25) is 4.79 Å². The summed E-state index contributed by atoms with van der Waals surface area (Å²) in [6.45, 7) is 0.584. The number of rotatable bonds is 7. The maximum atomic E-state index is 12.1. The van der Waals surface area contributed by atoms with Crippen molar-refractivity contribution in [1.82, 2.24) is 9.03 Å². The van der Waals surface area contributed by atoms with Gasteiger partial charge in [0.2, 0.25) is 0 Å². The van der Waals surface area contributed by atoms with Crippen molar-refractivity contribution in [3.8, 4) is 0 Å². The lowest BCUT2D eigenvalue weighted by atomic mass is 10.1. The number of esters is 1. The maximum absolute atomic E-state index is 12.1. The summed E-state index contributed by atoms with van der Waals surface area (Å²) in [6.07, 6.45) is 2.79. The van der Waals surface area contributed by atoms with Crippen LogP contribution >= 0.6 is 12.4 Å². The van der Waals surface area contributed by atoms with E-state index in [1.165, 1.54) is 14.2 Å². The van der Waals surface area contributed by atoms with Crippen molar-refractivity contribution in [2.24, 2.45) is 11.7 Å². The van der Waals surface area contributed by atoms with Gasteiger partial charge >= 0.3 is 5.97 Å². The van der Waals surface area contributed by atoms with Crippen LogP contribution in [0.5, 0.6) is 0 Å². The lowest BCUT2D eigenvalue weighted by Crippen LogP contribution is -2.46. The van der Waals surface area contributed by atoms with E-state index in [1.54, 1.807) is 0 Å². The fourth-order valence-corrected chi connectivity index (χ4v) is 3.43. The first-order chi connectivity index (χ1) is 8.90. The fraction of sp³-hybridized carbons (Fsp3) is 0.909. The Balaban J connectivity index is 0.00000361. The van der Waals surface area contributed by atoms with E-state index >= 15 is 0 Å². The predicted octanol–water partition coefficient (Wildman–Crippen LogP) is -0.135. The fourth-order valence-electron chi connectivity index (χ4n) is 2.23. The average molecular weight is 330 g/mol. The highest BCUT2D eigenvalue weighted by molar-refractivity contribution is 7.87. The molecule has 0 aromatic heterocycles. The Bertz CT molecular complexity index is 404. The van der Waals surface area contributed by atoms with Crippen molar-refractivity contribution in [3.63, 3.8) is 0 Å². The molecule has 0 bridgehead atoms. The van der Waals surface area contributed by atoms with E-state index in [0.29, 0.717) is 6.54 Å². The molecule has 2 unspecified atom stereocenters. The summed E-state index contributed by atoms with van der Waals surface area (Å²) in [7, 11) is -0.851. The number of nitrogens with two attached hydrogens (primary N) is 1. The largest absolute Gasteiger partial charge is 0.469 e. The third-order valence-corrected chi connectivity index (χ3v) is 5.13. The van der Waals surface area contributed by atoms with Gasteiger partial charge in [0.1, 0.15) is 0 Å². The van der Waals surface area contributed by atoms with Gasteiger partial charge in [-0.15, -0.1) is 12.4 Å². The number of ether oxygens (including phenoxy) is 1. The highest BCUT2D eigenvalue weighted by Crippen LogP contribution is 2.25. The predicted molar refractivity (Wildman–Crippen MR) is 78.7 cm³/mol. The van der Waals surface area contributed by atoms with E-state index < -0.39 is 16.2 Å². The van der Waals surface area contributed by atoms with E-state index in [0.717, 1.165) is 23.6 Å². The molecule has 20 heavy (non-hydrogen) atoms. The molecule has 1 rings (SSSR count). The van der Waals surface area contributed by atoms with Gasteiger partial charge in [-0.25, -0.2) is 0 Å². The van der Waals surface area contributed by atoms with Gasteiger partial charge < -0.3 is 10.5 Å². The smallest absolute Gasteiger partial charge is 0.306 e. The number of carbonyl (C=O) groups is 1. The Morgan fingerprint density at radius 3 is 2.65 bits per heavy atom. The molecule has 0 aliphatic heterocycles. The number of hydrogen-bond donors (Lipinski definition) is 2. The minimum atomic E-state index is -3.57. The molecule has 0 saturated heterocycles. The minimum Gasteiger partial charge on any atom is -0.469 e. The molecule has 120 valence electrons. The van der Waals surface area contributed by atoms with Crippen LogP contribution in [0, 0.1) is 5.92 Å². The van der Waals surface area contributed by atoms with Gasteiger partial charge in [0.05, 0.1) is 13.5 Å². The van der Waals surface area contributed by atoms with Crippen LogP contribution in [0.4, 0.5) is 0 Å². The molecule has 0 amide bonds. The molecule has 7 nitrogen and oxygen atoms in total. The Kier molecular flexibility index (Phi) is 8.60. The van der Waals surface area contributed by atoms with Crippen LogP contribution < -0.4 is 10.5 Å². The molecule has 0 spiro atoms. The first-order valence-electron chi connectivity index (χ1n) is 6.41. The second-order valence-electron chi connectivity index (χ2n) is 4.80. The summed E-state index contributed by atoms with van der Waals surface area (Å²) in [5.41, 5.74) is 5.63. The summed E-state index contributed by atoms with van der Waals surface area (Å²) in [4.78, 5) is 11.0. The van der Waals surface area contributed by atoms with Crippen LogP contribution in [0.2, 0.25) is 0 Å². The van der Waals surface area contributed by atoms with Crippen LogP contribution in [-0.2, 0) is 19.7 Å². The topological polar surface area (TPSA) is 102 Å². The zero-order chi connectivity index (χ0) is 14.5.